The summed E-state index contributed by atoms with van der Waals surface area (Å²) in [7, 11) is 0. The van der Waals surface area contributed by atoms with Crippen LogP contribution >= 0.6 is 0 Å². The van der Waals surface area contributed by atoms with Crippen LogP contribution in [-0.2, 0) is 4.79 Å². The molecule has 16 heavy (non-hydrogen) atoms. The predicted molar refractivity (Wildman–Crippen MR) is 58.0 cm³/mol. The van der Waals surface area contributed by atoms with Crippen molar-refractivity contribution in [2.45, 2.75) is 20.0 Å². The normalized spacial score (nSPS) is 11.9. The Balaban J connectivity index is 3.32. The maximum atomic E-state index is 10.9. The van der Waals surface area contributed by atoms with Gasteiger partial charge in [0, 0.05) is 13.0 Å². The van der Waals surface area contributed by atoms with Crippen molar-refractivity contribution in [3.8, 4) is 0 Å². The van der Waals surface area contributed by atoms with E-state index in [1.165, 1.54) is 32.0 Å². The van der Waals surface area contributed by atoms with E-state index in [1.807, 2.05) is 0 Å². The maximum absolute atomic E-state index is 10.9. The van der Waals surface area contributed by atoms with Crippen LogP contribution < -0.4 is 5.32 Å². The molecule has 0 saturated heterocycles. The third kappa shape index (κ3) is 2.54. The molecule has 1 unspecified atom stereocenters. The van der Waals surface area contributed by atoms with E-state index in [2.05, 4.69) is 5.32 Å². The third-order valence-electron chi connectivity index (χ3n) is 2.01. The Labute approximate surface area is 92.0 Å². The maximum Gasteiger partial charge on any atom is 0.277 e. The lowest BCUT2D eigenvalue weighted by atomic mass is 10.1. The molecule has 0 saturated carbocycles. The molecule has 0 heterocycles. The summed E-state index contributed by atoms with van der Waals surface area (Å²) in [6.45, 7) is 2.71. The van der Waals surface area contributed by atoms with Crippen LogP contribution in [0.25, 0.3) is 0 Å². The molecule has 1 aromatic rings. The average molecular weight is 224 g/mol. The van der Waals surface area contributed by atoms with Crippen molar-refractivity contribution in [3.63, 3.8) is 0 Å². The number of carbonyl (C=O) groups is 1. The van der Waals surface area contributed by atoms with Crippen molar-refractivity contribution in [1.29, 1.82) is 0 Å². The molecular weight excluding hydrogens is 212 g/mol. The molecule has 0 spiro atoms. The monoisotopic (exact) mass is 224 g/mol. The molecule has 0 bridgehead atoms. The van der Waals surface area contributed by atoms with Crippen LogP contribution in [0.4, 0.5) is 11.4 Å². The molecule has 0 aliphatic rings. The van der Waals surface area contributed by atoms with Gasteiger partial charge in [0.15, 0.2) is 0 Å². The van der Waals surface area contributed by atoms with Gasteiger partial charge in [-0.3, -0.25) is 14.9 Å². The molecule has 1 rings (SSSR count). The third-order valence-corrected chi connectivity index (χ3v) is 2.01. The number of nitro benzene ring substituents is 1. The Morgan fingerprint density at radius 2 is 2.19 bits per heavy atom. The number of amides is 1. The van der Waals surface area contributed by atoms with Gasteiger partial charge >= 0.3 is 0 Å². The van der Waals surface area contributed by atoms with Gasteiger partial charge < -0.3 is 10.4 Å². The first-order valence-corrected chi connectivity index (χ1v) is 4.66. The van der Waals surface area contributed by atoms with Crippen molar-refractivity contribution in [1.82, 2.24) is 0 Å². The predicted octanol–water partition coefficient (Wildman–Crippen LogP) is 1.61. The van der Waals surface area contributed by atoms with Crippen LogP contribution in [0.15, 0.2) is 18.2 Å². The summed E-state index contributed by atoms with van der Waals surface area (Å²) < 4.78 is 0. The van der Waals surface area contributed by atoms with Gasteiger partial charge in [0.1, 0.15) is 0 Å². The van der Waals surface area contributed by atoms with Crippen molar-refractivity contribution in [2.24, 2.45) is 0 Å². The fraction of sp³-hybridized carbons (Fsp3) is 0.300. The molecule has 0 aromatic heterocycles. The Hall–Kier alpha value is -1.95. The summed E-state index contributed by atoms with van der Waals surface area (Å²) in [6, 6.07) is 4.25. The summed E-state index contributed by atoms with van der Waals surface area (Å²) in [5, 5.41) is 22.7. The van der Waals surface area contributed by atoms with Gasteiger partial charge in [0.2, 0.25) is 5.91 Å². The fourth-order valence-corrected chi connectivity index (χ4v) is 1.45. The second-order valence-electron chi connectivity index (χ2n) is 3.35. The quantitative estimate of drug-likeness (QED) is 0.602. The van der Waals surface area contributed by atoms with Gasteiger partial charge in [-0.15, -0.1) is 0 Å². The number of aliphatic hydroxyl groups is 1. The number of benzene rings is 1. The number of anilines is 1. The minimum atomic E-state index is -1.02. The average Bonchev–Trinajstić information content (AvgIpc) is 2.15. The highest BCUT2D eigenvalue weighted by molar-refractivity contribution is 5.90. The fourth-order valence-electron chi connectivity index (χ4n) is 1.45. The van der Waals surface area contributed by atoms with Gasteiger partial charge in [-0.25, -0.2) is 0 Å². The zero-order valence-electron chi connectivity index (χ0n) is 8.93. The first-order chi connectivity index (χ1) is 7.43. The van der Waals surface area contributed by atoms with Crippen molar-refractivity contribution in [2.75, 3.05) is 5.32 Å². The lowest BCUT2D eigenvalue weighted by Gasteiger charge is -2.12. The van der Waals surface area contributed by atoms with Gasteiger partial charge in [-0.05, 0) is 13.0 Å². The Morgan fingerprint density at radius 3 is 2.62 bits per heavy atom. The minimum Gasteiger partial charge on any atom is -0.388 e. The number of hydrogen-bond donors (Lipinski definition) is 2. The van der Waals surface area contributed by atoms with E-state index in [9.17, 15) is 20.0 Å². The number of nitro groups is 1. The summed E-state index contributed by atoms with van der Waals surface area (Å²) in [6.07, 6.45) is -1.02. The van der Waals surface area contributed by atoms with Crippen molar-refractivity contribution >= 4 is 17.3 Å². The first-order valence-electron chi connectivity index (χ1n) is 4.66. The van der Waals surface area contributed by atoms with Crippen LogP contribution in [0, 0.1) is 10.1 Å². The number of hydrogen-bond acceptors (Lipinski definition) is 4. The number of rotatable bonds is 3. The molecule has 1 amide bonds. The van der Waals surface area contributed by atoms with E-state index in [4.69, 9.17) is 0 Å². The Kier molecular flexibility index (Phi) is 3.57. The molecule has 0 fully saturated rings. The lowest BCUT2D eigenvalue weighted by molar-refractivity contribution is -0.386. The summed E-state index contributed by atoms with van der Waals surface area (Å²) in [4.78, 5) is 21.1. The highest BCUT2D eigenvalue weighted by Gasteiger charge is 2.21. The Bertz CT molecular complexity index is 429. The summed E-state index contributed by atoms with van der Waals surface area (Å²) in [5.41, 5.74) is 0.167. The van der Waals surface area contributed by atoms with Crippen molar-refractivity contribution in [3.05, 3.63) is 33.9 Å². The highest BCUT2D eigenvalue weighted by Crippen LogP contribution is 2.31. The smallest absolute Gasteiger partial charge is 0.277 e. The van der Waals surface area contributed by atoms with Gasteiger partial charge in [0.05, 0.1) is 22.3 Å². The zero-order chi connectivity index (χ0) is 12.3. The standard InChI is InChI=1S/C10H12N2O4/c1-6(13)10-8(11-7(2)14)4-3-5-9(10)12(15)16/h3-6,13H,1-2H3,(H,11,14). The molecule has 1 atom stereocenters. The molecule has 86 valence electrons. The second kappa shape index (κ2) is 4.71. The summed E-state index contributed by atoms with van der Waals surface area (Å²) in [5.74, 6) is -0.345. The van der Waals surface area contributed by atoms with Crippen LogP contribution in [-0.4, -0.2) is 15.9 Å². The molecule has 2 N–H and O–H groups in total. The lowest BCUT2D eigenvalue weighted by Crippen LogP contribution is -2.10. The van der Waals surface area contributed by atoms with E-state index in [1.54, 1.807) is 0 Å². The van der Waals surface area contributed by atoms with Gasteiger partial charge in [-0.1, -0.05) is 6.07 Å². The van der Waals surface area contributed by atoms with Crippen LogP contribution in [0.2, 0.25) is 0 Å². The topological polar surface area (TPSA) is 92.5 Å². The van der Waals surface area contributed by atoms with E-state index < -0.39 is 11.0 Å². The molecule has 6 heteroatoms. The van der Waals surface area contributed by atoms with E-state index in [-0.39, 0.29) is 22.8 Å². The molecule has 6 nitrogen and oxygen atoms in total. The Morgan fingerprint density at radius 1 is 1.56 bits per heavy atom. The second-order valence-corrected chi connectivity index (χ2v) is 3.35. The van der Waals surface area contributed by atoms with Crippen LogP contribution in [0.1, 0.15) is 25.5 Å². The number of aliphatic hydroxyl groups excluding tert-OH is 1. The van der Waals surface area contributed by atoms with E-state index in [0.717, 1.165) is 0 Å². The zero-order valence-corrected chi connectivity index (χ0v) is 8.93. The highest BCUT2D eigenvalue weighted by atomic mass is 16.6. The van der Waals surface area contributed by atoms with E-state index >= 15 is 0 Å². The molecular formula is C10H12N2O4. The number of nitrogens with zero attached hydrogens (tertiary/aromatic N) is 1. The molecule has 0 aliphatic heterocycles. The molecule has 0 aliphatic carbocycles. The van der Waals surface area contributed by atoms with Gasteiger partial charge in [0.25, 0.3) is 5.69 Å². The number of nitrogens with one attached hydrogen (secondary N) is 1. The van der Waals surface area contributed by atoms with Gasteiger partial charge in [-0.2, -0.15) is 0 Å². The largest absolute Gasteiger partial charge is 0.388 e. The number of carbonyl (C=O) groups excluding carboxylic acids is 1. The first kappa shape index (κ1) is 12.1. The van der Waals surface area contributed by atoms with Crippen LogP contribution in [0.3, 0.4) is 0 Å². The van der Waals surface area contributed by atoms with Crippen LogP contribution in [0.5, 0.6) is 0 Å². The van der Waals surface area contributed by atoms with E-state index in [0.29, 0.717) is 0 Å². The molecule has 1 aromatic carbocycles. The molecule has 0 radical (unpaired) electrons. The summed E-state index contributed by atoms with van der Waals surface area (Å²) >= 11 is 0. The SMILES string of the molecule is CC(=O)Nc1cccc([N+](=O)[O-])c1C(C)O. The van der Waals surface area contributed by atoms with Crippen molar-refractivity contribution < 1.29 is 14.8 Å². The minimum absolute atomic E-state index is 0.114.